The Hall–Kier alpha value is -1.80. The van der Waals surface area contributed by atoms with E-state index in [1.165, 1.54) is 12.0 Å². The van der Waals surface area contributed by atoms with E-state index in [4.69, 9.17) is 11.6 Å². The molecule has 124 valence electrons. The van der Waals surface area contributed by atoms with Crippen LogP contribution < -0.4 is 0 Å². The first-order valence-corrected chi connectivity index (χ1v) is 9.17. The summed E-state index contributed by atoms with van der Waals surface area (Å²) < 4.78 is 0. The fourth-order valence-electron chi connectivity index (χ4n) is 3.98. The molecule has 2 aliphatic rings. The predicted molar refractivity (Wildman–Crippen MR) is 97.4 cm³/mol. The second-order valence-corrected chi connectivity index (χ2v) is 7.53. The number of carbonyl (C=O) groups excluding carboxylic acids is 1. The second-order valence-electron chi connectivity index (χ2n) is 7.09. The first kappa shape index (κ1) is 15.7. The molecular weight excluding hydrogens is 318 g/mol. The van der Waals surface area contributed by atoms with E-state index in [1.807, 2.05) is 24.3 Å². The molecule has 24 heavy (non-hydrogen) atoms. The normalized spacial score (nSPS) is 22.2. The zero-order chi connectivity index (χ0) is 16.6. The first-order valence-electron chi connectivity index (χ1n) is 8.79. The Balaban J connectivity index is 1.53. The molecule has 1 amide bonds. The van der Waals surface area contributed by atoms with Crippen molar-refractivity contribution in [2.75, 3.05) is 13.1 Å². The fourth-order valence-corrected chi connectivity index (χ4v) is 4.11. The quantitative estimate of drug-likeness (QED) is 0.788. The predicted octanol–water partition coefficient (Wildman–Crippen LogP) is 4.78. The van der Waals surface area contributed by atoms with Crippen LogP contribution >= 0.6 is 11.6 Å². The molecule has 0 radical (unpaired) electrons. The average molecular weight is 340 g/mol. The maximum absolute atomic E-state index is 13.2. The largest absolute Gasteiger partial charge is 0.341 e. The van der Waals surface area contributed by atoms with Gasteiger partial charge in [-0.15, -0.1) is 0 Å². The molecule has 1 saturated carbocycles. The monoisotopic (exact) mass is 339 g/mol. The molecule has 3 heteroatoms. The van der Waals surface area contributed by atoms with Gasteiger partial charge >= 0.3 is 0 Å². The Bertz CT molecular complexity index is 721. The van der Waals surface area contributed by atoms with Crippen molar-refractivity contribution in [3.63, 3.8) is 0 Å². The minimum absolute atomic E-state index is 0.289. The van der Waals surface area contributed by atoms with Crippen LogP contribution in [0.1, 0.15) is 42.7 Å². The van der Waals surface area contributed by atoms with Gasteiger partial charge in [-0.2, -0.15) is 0 Å². The summed E-state index contributed by atoms with van der Waals surface area (Å²) in [6, 6.07) is 18.4. The number of rotatable bonds is 3. The number of likely N-dealkylation sites (tertiary alicyclic amines) is 1. The molecule has 1 aliphatic heterocycles. The van der Waals surface area contributed by atoms with E-state index >= 15 is 0 Å². The molecule has 0 aromatic heterocycles. The van der Waals surface area contributed by atoms with Crippen LogP contribution in [0, 0.1) is 0 Å². The molecule has 2 aromatic carbocycles. The summed E-state index contributed by atoms with van der Waals surface area (Å²) in [7, 11) is 0. The van der Waals surface area contributed by atoms with E-state index in [0.717, 1.165) is 42.9 Å². The van der Waals surface area contributed by atoms with Crippen molar-refractivity contribution < 1.29 is 4.79 Å². The Labute approximate surface area is 148 Å². The number of nitrogens with zero attached hydrogens (tertiary/aromatic N) is 1. The molecule has 1 saturated heterocycles. The van der Waals surface area contributed by atoms with Crippen molar-refractivity contribution in [1.29, 1.82) is 0 Å². The molecule has 1 heterocycles. The van der Waals surface area contributed by atoms with Crippen LogP contribution in [0.5, 0.6) is 0 Å². The van der Waals surface area contributed by atoms with Gasteiger partial charge in [-0.05, 0) is 48.9 Å². The van der Waals surface area contributed by atoms with Crippen molar-refractivity contribution in [3.05, 3.63) is 70.7 Å². The zero-order valence-electron chi connectivity index (χ0n) is 13.7. The lowest BCUT2D eigenvalue weighted by Crippen LogP contribution is -2.44. The molecule has 4 rings (SSSR count). The number of carbonyl (C=O) groups is 1. The van der Waals surface area contributed by atoms with E-state index in [1.54, 1.807) is 0 Å². The standard InChI is InChI=1S/C21H22ClNO/c22-19-10-8-18(9-11-19)21(12-13-21)20(24)23-14-4-7-17(15-23)16-5-2-1-3-6-16/h1-3,5-6,8-11,17H,4,7,12-15H2. The van der Waals surface area contributed by atoms with E-state index in [0.29, 0.717) is 11.8 Å². The van der Waals surface area contributed by atoms with E-state index < -0.39 is 0 Å². The molecule has 0 N–H and O–H groups in total. The second kappa shape index (κ2) is 6.25. The maximum atomic E-state index is 13.2. The van der Waals surface area contributed by atoms with Crippen molar-refractivity contribution in [2.45, 2.75) is 37.0 Å². The Morgan fingerprint density at radius 3 is 2.42 bits per heavy atom. The number of hydrogen-bond donors (Lipinski definition) is 0. The zero-order valence-corrected chi connectivity index (χ0v) is 14.5. The van der Waals surface area contributed by atoms with Gasteiger partial charge in [0.1, 0.15) is 0 Å². The molecule has 1 aliphatic carbocycles. The third kappa shape index (κ3) is 2.84. The van der Waals surface area contributed by atoms with E-state index in [9.17, 15) is 4.79 Å². The lowest BCUT2D eigenvalue weighted by atomic mass is 9.88. The summed E-state index contributed by atoms with van der Waals surface area (Å²) >= 11 is 6.00. The highest BCUT2D eigenvalue weighted by Gasteiger charge is 2.53. The molecule has 2 aromatic rings. The topological polar surface area (TPSA) is 20.3 Å². The van der Waals surface area contributed by atoms with Crippen LogP contribution in [-0.4, -0.2) is 23.9 Å². The van der Waals surface area contributed by atoms with Crippen molar-refractivity contribution >= 4 is 17.5 Å². The first-order chi connectivity index (χ1) is 11.7. The molecule has 1 unspecified atom stereocenters. The van der Waals surface area contributed by atoms with Gasteiger partial charge in [-0.3, -0.25) is 4.79 Å². The van der Waals surface area contributed by atoms with Crippen molar-refractivity contribution in [1.82, 2.24) is 4.90 Å². The Morgan fingerprint density at radius 2 is 1.75 bits per heavy atom. The van der Waals surface area contributed by atoms with Crippen molar-refractivity contribution in [2.24, 2.45) is 0 Å². The summed E-state index contributed by atoms with van der Waals surface area (Å²) in [6.07, 6.45) is 4.17. The van der Waals surface area contributed by atoms with Gasteiger partial charge in [-0.1, -0.05) is 54.1 Å². The molecule has 0 bridgehead atoms. The molecule has 2 fully saturated rings. The van der Waals surface area contributed by atoms with Gasteiger partial charge in [0, 0.05) is 24.0 Å². The van der Waals surface area contributed by atoms with Crippen LogP contribution in [0.25, 0.3) is 0 Å². The van der Waals surface area contributed by atoms with Crippen LogP contribution in [0.3, 0.4) is 0 Å². The Kier molecular flexibility index (Phi) is 4.09. The average Bonchev–Trinajstić information content (AvgIpc) is 3.44. The van der Waals surface area contributed by atoms with Crippen LogP contribution in [0.4, 0.5) is 0 Å². The van der Waals surface area contributed by atoms with Crippen LogP contribution in [0.15, 0.2) is 54.6 Å². The summed E-state index contributed by atoms with van der Waals surface area (Å²) in [6.45, 7) is 1.73. The summed E-state index contributed by atoms with van der Waals surface area (Å²) in [5.41, 5.74) is 2.19. The van der Waals surface area contributed by atoms with Gasteiger partial charge in [0.25, 0.3) is 0 Å². The van der Waals surface area contributed by atoms with Gasteiger partial charge in [0.05, 0.1) is 5.41 Å². The molecule has 0 spiro atoms. The summed E-state index contributed by atoms with van der Waals surface area (Å²) in [4.78, 5) is 15.3. The van der Waals surface area contributed by atoms with Gasteiger partial charge in [-0.25, -0.2) is 0 Å². The number of hydrogen-bond acceptors (Lipinski definition) is 1. The number of amides is 1. The minimum atomic E-state index is -0.289. The lowest BCUT2D eigenvalue weighted by molar-refractivity contribution is -0.135. The summed E-state index contributed by atoms with van der Waals surface area (Å²) in [5, 5.41) is 0.726. The minimum Gasteiger partial charge on any atom is -0.341 e. The molecule has 1 atom stereocenters. The molecular formula is C21H22ClNO. The maximum Gasteiger partial charge on any atom is 0.233 e. The highest BCUT2D eigenvalue weighted by molar-refractivity contribution is 6.30. The summed E-state index contributed by atoms with van der Waals surface area (Å²) in [5.74, 6) is 0.773. The van der Waals surface area contributed by atoms with Crippen molar-refractivity contribution in [3.8, 4) is 0 Å². The van der Waals surface area contributed by atoms with E-state index in [-0.39, 0.29) is 5.41 Å². The van der Waals surface area contributed by atoms with E-state index in [2.05, 4.69) is 35.2 Å². The Morgan fingerprint density at radius 1 is 1.04 bits per heavy atom. The van der Waals surface area contributed by atoms with Gasteiger partial charge in [0.15, 0.2) is 0 Å². The lowest BCUT2D eigenvalue weighted by Gasteiger charge is -2.35. The SMILES string of the molecule is O=C(N1CCCC(c2ccccc2)C1)C1(c2ccc(Cl)cc2)CC1. The third-order valence-corrected chi connectivity index (χ3v) is 5.79. The number of benzene rings is 2. The van der Waals surface area contributed by atoms with Crippen LogP contribution in [-0.2, 0) is 10.2 Å². The third-order valence-electron chi connectivity index (χ3n) is 5.54. The smallest absolute Gasteiger partial charge is 0.233 e. The van der Waals surface area contributed by atoms with Gasteiger partial charge < -0.3 is 4.90 Å². The van der Waals surface area contributed by atoms with Crippen LogP contribution in [0.2, 0.25) is 5.02 Å². The highest BCUT2D eigenvalue weighted by Crippen LogP contribution is 2.50. The van der Waals surface area contributed by atoms with Gasteiger partial charge in [0.2, 0.25) is 5.91 Å². The number of halogens is 1. The fraction of sp³-hybridized carbons (Fsp3) is 0.381. The number of piperidine rings is 1. The highest BCUT2D eigenvalue weighted by atomic mass is 35.5. The molecule has 2 nitrogen and oxygen atoms in total.